The zero-order valence-electron chi connectivity index (χ0n) is 12.7. The molecule has 0 bridgehead atoms. The Labute approximate surface area is 125 Å². The fourth-order valence-corrected chi connectivity index (χ4v) is 1.98. The van der Waals surface area contributed by atoms with Crippen LogP contribution < -0.4 is 10.1 Å². The molecule has 1 aromatic carbocycles. The van der Waals surface area contributed by atoms with Crippen LogP contribution in [0, 0.1) is 6.92 Å². The average molecular weight is 287 g/mol. The maximum Gasteiger partial charge on any atom is 0.223 e. The average Bonchev–Trinajstić information content (AvgIpc) is 2.50. The number of nitrogens with zero attached hydrogens (tertiary/aromatic N) is 2. The lowest BCUT2D eigenvalue weighted by Gasteiger charge is -2.13. The van der Waals surface area contributed by atoms with E-state index in [1.165, 1.54) is 0 Å². The van der Waals surface area contributed by atoms with E-state index < -0.39 is 0 Å². The Kier molecular flexibility index (Phi) is 5.51. The molecule has 0 atom stereocenters. The van der Waals surface area contributed by atoms with Crippen LogP contribution in [0.4, 0.5) is 5.95 Å². The molecule has 21 heavy (non-hydrogen) atoms. The molecule has 1 heterocycles. The van der Waals surface area contributed by atoms with Crippen molar-refractivity contribution < 1.29 is 9.47 Å². The van der Waals surface area contributed by atoms with Crippen molar-refractivity contribution >= 4 is 5.95 Å². The first-order valence-electron chi connectivity index (χ1n) is 7.05. The topological polar surface area (TPSA) is 56.3 Å². The Morgan fingerprint density at radius 1 is 1.19 bits per heavy atom. The van der Waals surface area contributed by atoms with Gasteiger partial charge in [0.25, 0.3) is 0 Å². The van der Waals surface area contributed by atoms with Crippen molar-refractivity contribution in [1.82, 2.24) is 9.97 Å². The highest BCUT2D eigenvalue weighted by atomic mass is 16.5. The molecule has 0 fully saturated rings. The standard InChI is InChI=1S/C16H21N3O2/c1-4-17-16-18-11-12(2)15(19-16)13-7-5-6-8-14(13)21-10-9-20-3/h5-8,11H,4,9-10H2,1-3H3,(H,17,18,19). The smallest absolute Gasteiger partial charge is 0.223 e. The second-order valence-corrected chi connectivity index (χ2v) is 4.59. The molecule has 0 aliphatic carbocycles. The van der Waals surface area contributed by atoms with Crippen molar-refractivity contribution in [2.75, 3.05) is 32.2 Å². The first-order chi connectivity index (χ1) is 10.3. The van der Waals surface area contributed by atoms with Crippen molar-refractivity contribution in [3.63, 3.8) is 0 Å². The number of benzene rings is 1. The minimum atomic E-state index is 0.512. The lowest BCUT2D eigenvalue weighted by molar-refractivity contribution is 0.146. The summed E-state index contributed by atoms with van der Waals surface area (Å²) in [6, 6.07) is 7.88. The largest absolute Gasteiger partial charge is 0.490 e. The maximum absolute atomic E-state index is 5.78. The molecule has 0 spiro atoms. The van der Waals surface area contributed by atoms with Gasteiger partial charge in [0.2, 0.25) is 5.95 Å². The number of hydrogen-bond acceptors (Lipinski definition) is 5. The SMILES string of the molecule is CCNc1ncc(C)c(-c2ccccc2OCCOC)n1. The second kappa shape index (κ2) is 7.59. The van der Waals surface area contributed by atoms with Crippen LogP contribution in [0.2, 0.25) is 0 Å². The van der Waals surface area contributed by atoms with Crippen LogP contribution in [0.25, 0.3) is 11.3 Å². The summed E-state index contributed by atoms with van der Waals surface area (Å²) in [5, 5.41) is 3.13. The third kappa shape index (κ3) is 3.92. The Balaban J connectivity index is 2.34. The summed E-state index contributed by atoms with van der Waals surface area (Å²) < 4.78 is 10.8. The van der Waals surface area contributed by atoms with E-state index in [1.807, 2.05) is 44.3 Å². The van der Waals surface area contributed by atoms with E-state index in [1.54, 1.807) is 7.11 Å². The van der Waals surface area contributed by atoms with Gasteiger partial charge in [-0.05, 0) is 31.5 Å². The van der Waals surface area contributed by atoms with Gasteiger partial charge in [-0.15, -0.1) is 0 Å². The summed E-state index contributed by atoms with van der Waals surface area (Å²) in [7, 11) is 1.66. The predicted molar refractivity (Wildman–Crippen MR) is 83.7 cm³/mol. The van der Waals surface area contributed by atoms with Crippen LogP contribution >= 0.6 is 0 Å². The van der Waals surface area contributed by atoms with Crippen LogP contribution in [0.15, 0.2) is 30.5 Å². The molecule has 1 N–H and O–H groups in total. The molecule has 2 rings (SSSR count). The number of para-hydroxylation sites is 1. The highest BCUT2D eigenvalue weighted by molar-refractivity contribution is 5.70. The lowest BCUT2D eigenvalue weighted by atomic mass is 10.1. The van der Waals surface area contributed by atoms with E-state index in [2.05, 4.69) is 15.3 Å². The Hall–Kier alpha value is -2.14. The van der Waals surface area contributed by atoms with Crippen LogP contribution in [-0.2, 0) is 4.74 Å². The predicted octanol–water partition coefficient (Wildman–Crippen LogP) is 2.91. The van der Waals surface area contributed by atoms with Gasteiger partial charge in [-0.2, -0.15) is 0 Å². The van der Waals surface area contributed by atoms with Gasteiger partial charge in [-0.25, -0.2) is 9.97 Å². The van der Waals surface area contributed by atoms with Crippen molar-refractivity contribution in [1.29, 1.82) is 0 Å². The number of aromatic nitrogens is 2. The molecule has 0 aliphatic rings. The quantitative estimate of drug-likeness (QED) is 0.794. The molecule has 1 aromatic heterocycles. The van der Waals surface area contributed by atoms with Gasteiger partial charge in [-0.3, -0.25) is 0 Å². The van der Waals surface area contributed by atoms with E-state index in [-0.39, 0.29) is 0 Å². The summed E-state index contributed by atoms with van der Waals surface area (Å²) in [6.07, 6.45) is 1.83. The Bertz CT molecular complexity index is 587. The second-order valence-electron chi connectivity index (χ2n) is 4.59. The highest BCUT2D eigenvalue weighted by Crippen LogP contribution is 2.30. The van der Waals surface area contributed by atoms with Crippen molar-refractivity contribution in [2.24, 2.45) is 0 Å². The molecule has 0 radical (unpaired) electrons. The minimum absolute atomic E-state index is 0.512. The third-order valence-electron chi connectivity index (χ3n) is 2.99. The van der Waals surface area contributed by atoms with E-state index in [0.717, 1.165) is 29.1 Å². The molecule has 0 aliphatic heterocycles. The fourth-order valence-electron chi connectivity index (χ4n) is 1.98. The fraction of sp³-hybridized carbons (Fsp3) is 0.375. The number of anilines is 1. The minimum Gasteiger partial charge on any atom is -0.490 e. The molecule has 5 nitrogen and oxygen atoms in total. The molecule has 0 amide bonds. The van der Waals surface area contributed by atoms with Gasteiger partial charge in [-0.1, -0.05) is 12.1 Å². The maximum atomic E-state index is 5.78. The van der Waals surface area contributed by atoms with Gasteiger partial charge in [0.05, 0.1) is 12.3 Å². The number of rotatable bonds is 7. The van der Waals surface area contributed by atoms with E-state index in [0.29, 0.717) is 19.2 Å². The van der Waals surface area contributed by atoms with Crippen LogP contribution in [-0.4, -0.2) is 36.8 Å². The first-order valence-corrected chi connectivity index (χ1v) is 7.05. The Morgan fingerprint density at radius 3 is 2.76 bits per heavy atom. The van der Waals surface area contributed by atoms with Gasteiger partial charge in [0, 0.05) is 25.4 Å². The zero-order valence-corrected chi connectivity index (χ0v) is 12.7. The molecular formula is C16H21N3O2. The summed E-state index contributed by atoms with van der Waals surface area (Å²) in [4.78, 5) is 8.86. The molecule has 112 valence electrons. The van der Waals surface area contributed by atoms with Gasteiger partial charge in [0.1, 0.15) is 12.4 Å². The molecule has 0 saturated carbocycles. The number of hydrogen-bond donors (Lipinski definition) is 1. The zero-order chi connectivity index (χ0) is 15.1. The van der Waals surface area contributed by atoms with Crippen LogP contribution in [0.1, 0.15) is 12.5 Å². The van der Waals surface area contributed by atoms with Crippen molar-refractivity contribution in [2.45, 2.75) is 13.8 Å². The summed E-state index contributed by atoms with van der Waals surface area (Å²) in [5.41, 5.74) is 2.86. The monoisotopic (exact) mass is 287 g/mol. The van der Waals surface area contributed by atoms with Gasteiger partial charge < -0.3 is 14.8 Å². The van der Waals surface area contributed by atoms with Crippen molar-refractivity contribution in [3.8, 4) is 17.0 Å². The van der Waals surface area contributed by atoms with Crippen molar-refractivity contribution in [3.05, 3.63) is 36.0 Å². The number of nitrogens with one attached hydrogen (secondary N) is 1. The molecular weight excluding hydrogens is 266 g/mol. The van der Waals surface area contributed by atoms with Gasteiger partial charge in [0.15, 0.2) is 0 Å². The normalized spacial score (nSPS) is 10.4. The molecule has 0 saturated heterocycles. The van der Waals surface area contributed by atoms with E-state index in [9.17, 15) is 0 Å². The van der Waals surface area contributed by atoms with Gasteiger partial charge >= 0.3 is 0 Å². The number of aryl methyl sites for hydroxylation is 1. The summed E-state index contributed by atoms with van der Waals surface area (Å²) in [5.74, 6) is 1.43. The molecule has 0 unspecified atom stereocenters. The first kappa shape index (κ1) is 15.3. The third-order valence-corrected chi connectivity index (χ3v) is 2.99. The van der Waals surface area contributed by atoms with E-state index in [4.69, 9.17) is 9.47 Å². The van der Waals surface area contributed by atoms with Crippen LogP contribution in [0.3, 0.4) is 0 Å². The number of methoxy groups -OCH3 is 1. The molecule has 5 heteroatoms. The van der Waals surface area contributed by atoms with Crippen LogP contribution in [0.5, 0.6) is 5.75 Å². The number of ether oxygens (including phenoxy) is 2. The highest BCUT2D eigenvalue weighted by Gasteiger charge is 2.11. The summed E-state index contributed by atoms with van der Waals surface area (Å²) >= 11 is 0. The summed E-state index contributed by atoms with van der Waals surface area (Å²) in [6.45, 7) is 5.87. The van der Waals surface area contributed by atoms with E-state index >= 15 is 0 Å². The molecule has 2 aromatic rings. The lowest BCUT2D eigenvalue weighted by Crippen LogP contribution is -2.07. The Morgan fingerprint density at radius 2 is 2.00 bits per heavy atom.